The van der Waals surface area contributed by atoms with Crippen LogP contribution in [0.2, 0.25) is 0 Å². The summed E-state index contributed by atoms with van der Waals surface area (Å²) in [5, 5.41) is 12.2. The molecule has 33 heavy (non-hydrogen) atoms. The van der Waals surface area contributed by atoms with E-state index in [2.05, 4.69) is 32.4 Å². The molecular weight excluding hydrogens is 493 g/mol. The molecule has 1 aliphatic heterocycles. The van der Waals surface area contributed by atoms with Crippen molar-refractivity contribution in [2.24, 2.45) is 5.92 Å². The molecule has 6 nitrogen and oxygen atoms in total. The van der Waals surface area contributed by atoms with E-state index in [0.29, 0.717) is 23.5 Å². The van der Waals surface area contributed by atoms with Crippen LogP contribution in [0.25, 0.3) is 0 Å². The maximum atomic E-state index is 12.2. The summed E-state index contributed by atoms with van der Waals surface area (Å²) in [7, 11) is 1.59. The molecule has 0 saturated heterocycles. The predicted octanol–water partition coefficient (Wildman–Crippen LogP) is 5.47. The van der Waals surface area contributed by atoms with Crippen molar-refractivity contribution in [3.8, 4) is 11.5 Å². The zero-order valence-corrected chi connectivity index (χ0v) is 19.9. The number of carbonyl (C=O) groups is 1. The van der Waals surface area contributed by atoms with Gasteiger partial charge in [0.2, 0.25) is 0 Å². The predicted molar refractivity (Wildman–Crippen MR) is 125 cm³/mol. The maximum Gasteiger partial charge on any atom is 0.337 e. The number of carbonyl (C=O) groups excluding carboxylic acids is 1. The molecule has 4 rings (SSSR count). The number of hydrogen-bond acceptors (Lipinski definition) is 6. The van der Waals surface area contributed by atoms with Crippen molar-refractivity contribution in [2.75, 3.05) is 7.11 Å². The Bertz CT molecular complexity index is 1070. The molecule has 1 fully saturated rings. The van der Waals surface area contributed by atoms with Crippen LogP contribution in [0.3, 0.4) is 0 Å². The number of methoxy groups -OCH3 is 1. The summed E-state index contributed by atoms with van der Waals surface area (Å²) in [5.41, 5.74) is 0.384. The Hall–Kier alpha value is -2.97. The van der Waals surface area contributed by atoms with Crippen molar-refractivity contribution in [3.63, 3.8) is 0 Å². The third-order valence-corrected chi connectivity index (χ3v) is 6.64. The fraction of sp³-hybridized carbons (Fsp3) is 0.280. The second-order valence-electron chi connectivity index (χ2n) is 7.59. The summed E-state index contributed by atoms with van der Waals surface area (Å²) in [6.45, 7) is 5.72. The second-order valence-corrected chi connectivity index (χ2v) is 8.51. The summed E-state index contributed by atoms with van der Waals surface area (Å²) < 4.78 is 23.0. The third kappa shape index (κ3) is 4.09. The summed E-state index contributed by atoms with van der Waals surface area (Å²) in [6, 6.07) is 7.97. The molecule has 1 N–H and O–H groups in total. The van der Waals surface area contributed by atoms with Crippen LogP contribution in [0.4, 0.5) is 4.53 Å². The number of benzene rings is 1. The highest BCUT2D eigenvalue weighted by molar-refractivity contribution is 9.10. The van der Waals surface area contributed by atoms with Crippen LogP contribution in [0, 0.1) is 5.92 Å². The number of aromatic nitrogens is 1. The number of fused-ring (bicyclic) bond motifs is 3. The van der Waals surface area contributed by atoms with Crippen molar-refractivity contribution >= 4 is 22.4 Å². The average molecular weight is 518 g/mol. The molecule has 1 saturated carbocycles. The van der Waals surface area contributed by atoms with Gasteiger partial charge in [0.05, 0.1) is 25.1 Å². The fourth-order valence-corrected chi connectivity index (χ4v) is 5.13. The van der Waals surface area contributed by atoms with Gasteiger partial charge in [-0.15, -0.1) is 0 Å². The first-order valence-electron chi connectivity index (χ1n) is 10.3. The highest BCUT2D eigenvalue weighted by Crippen LogP contribution is 2.66. The zero-order chi connectivity index (χ0) is 24.1. The smallest absolute Gasteiger partial charge is 0.337 e. The minimum atomic E-state index is -1.24. The van der Waals surface area contributed by atoms with Gasteiger partial charge in [-0.25, -0.2) is 0 Å². The summed E-state index contributed by atoms with van der Waals surface area (Å²) in [6.07, 6.45) is 12.5. The van der Waals surface area contributed by atoms with Crippen LogP contribution < -0.4 is 9.47 Å². The number of hydrogen-bond donors (Lipinski definition) is 1. The first kappa shape index (κ1) is 24.7. The largest absolute Gasteiger partial charge is 0.495 e. The van der Waals surface area contributed by atoms with Crippen LogP contribution in [0.5, 0.6) is 11.5 Å². The molecule has 8 heteroatoms. The summed E-state index contributed by atoms with van der Waals surface area (Å²) in [5.74, 6) is 1.02. The van der Waals surface area contributed by atoms with E-state index in [1.54, 1.807) is 19.5 Å². The second kappa shape index (κ2) is 10.3. The van der Waals surface area contributed by atoms with Gasteiger partial charge in [0, 0.05) is 14.9 Å². The van der Waals surface area contributed by atoms with Gasteiger partial charge in [-0.1, -0.05) is 58.9 Å². The number of allylic oxidation sites excluding steroid dienone is 4. The fourth-order valence-electron chi connectivity index (χ4n) is 4.86. The molecule has 3 atom stereocenters. The Morgan fingerprint density at radius 3 is 2.64 bits per heavy atom. The van der Waals surface area contributed by atoms with E-state index in [1.807, 2.05) is 55.5 Å². The summed E-state index contributed by atoms with van der Waals surface area (Å²) >= 11 is 3.51. The van der Waals surface area contributed by atoms with Crippen molar-refractivity contribution < 1.29 is 28.8 Å². The van der Waals surface area contributed by atoms with Crippen LogP contribution in [-0.4, -0.2) is 23.7 Å². The lowest BCUT2D eigenvalue weighted by Gasteiger charge is -2.40. The van der Waals surface area contributed by atoms with Gasteiger partial charge in [0.25, 0.3) is 0 Å². The van der Waals surface area contributed by atoms with E-state index in [4.69, 9.17) is 14.3 Å². The van der Waals surface area contributed by atoms with Crippen LogP contribution in [0.1, 0.15) is 30.9 Å². The van der Waals surface area contributed by atoms with Gasteiger partial charge in [-0.05, 0) is 43.0 Å². The third-order valence-electron chi connectivity index (χ3n) is 6.11. The number of rotatable bonds is 6. The number of nitrogens with zero attached hydrogens (tertiary/aromatic N) is 1. The van der Waals surface area contributed by atoms with E-state index in [-0.39, 0.29) is 12.4 Å². The lowest BCUT2D eigenvalue weighted by Crippen LogP contribution is -2.49. The molecule has 3 unspecified atom stereocenters. The van der Waals surface area contributed by atoms with Crippen LogP contribution >= 0.6 is 15.9 Å². The molecule has 0 radical (unpaired) electrons. The maximum absolute atomic E-state index is 12.2. The first-order chi connectivity index (χ1) is 15.9. The molecule has 174 valence electrons. The van der Waals surface area contributed by atoms with Gasteiger partial charge >= 0.3 is 6.47 Å². The van der Waals surface area contributed by atoms with E-state index in [0.717, 1.165) is 22.0 Å². The lowest BCUT2D eigenvalue weighted by molar-refractivity contribution is -0.165. The number of pyridine rings is 1. The minimum absolute atomic E-state index is 0.0838. The standard InChI is InChI=1S/C24H24BrNO3.CHFO2/c1-4-6-7-16(5-2)19-12-13-23(27)22-20(28-3)14-26-15-21(22)29-24(19,23)17-8-10-18(25)11-9-17;2-4-1-3/h4-11,14-15,19,27H,2,12-13H2,1,3H3;1H/b6-4-,16-7+;. The van der Waals surface area contributed by atoms with Crippen molar-refractivity contribution in [3.05, 3.63) is 88.7 Å². The number of aliphatic hydroxyl groups is 1. The monoisotopic (exact) mass is 517 g/mol. The van der Waals surface area contributed by atoms with Gasteiger partial charge in [0.1, 0.15) is 17.1 Å². The van der Waals surface area contributed by atoms with E-state index < -0.39 is 11.2 Å². The van der Waals surface area contributed by atoms with E-state index >= 15 is 0 Å². The molecule has 0 bridgehead atoms. The van der Waals surface area contributed by atoms with Crippen molar-refractivity contribution in [1.82, 2.24) is 4.98 Å². The molecule has 1 aromatic heterocycles. The highest BCUT2D eigenvalue weighted by Gasteiger charge is 2.69. The zero-order valence-electron chi connectivity index (χ0n) is 18.3. The molecule has 2 aromatic rings. The average Bonchev–Trinajstić information content (AvgIpc) is 3.27. The first-order valence-corrected chi connectivity index (χ1v) is 11.1. The van der Waals surface area contributed by atoms with Gasteiger partial charge in [-0.2, -0.15) is 0 Å². The highest BCUT2D eigenvalue weighted by atomic mass is 79.9. The molecule has 0 spiro atoms. The molecule has 1 aliphatic carbocycles. The molecular formula is C25H25BrFNO5. The minimum Gasteiger partial charge on any atom is -0.495 e. The van der Waals surface area contributed by atoms with Gasteiger partial charge in [-0.3, -0.25) is 14.7 Å². The Balaban J connectivity index is 0.000000709. The Kier molecular flexibility index (Phi) is 7.71. The number of halogens is 2. The van der Waals surface area contributed by atoms with Crippen molar-refractivity contribution in [2.45, 2.75) is 31.0 Å². The summed E-state index contributed by atoms with van der Waals surface area (Å²) in [4.78, 5) is 15.2. The SMILES string of the molecule is C=C/C(=C\C=C/C)C1CCC2(O)c3c(OC)cncc3OC12c1ccc(Br)cc1.O=COF. The molecule has 2 heterocycles. The quantitative estimate of drug-likeness (QED) is 0.404. The molecule has 0 amide bonds. The lowest BCUT2D eigenvalue weighted by atomic mass is 9.71. The molecule has 1 aromatic carbocycles. The van der Waals surface area contributed by atoms with Gasteiger partial charge < -0.3 is 14.6 Å². The van der Waals surface area contributed by atoms with Crippen molar-refractivity contribution in [1.29, 1.82) is 0 Å². The van der Waals surface area contributed by atoms with E-state index in [9.17, 15) is 9.63 Å². The topological polar surface area (TPSA) is 77.9 Å². The number of ether oxygens (including phenoxy) is 2. The van der Waals surface area contributed by atoms with Crippen LogP contribution in [0.15, 0.2) is 77.6 Å². The Morgan fingerprint density at radius 1 is 1.36 bits per heavy atom. The Morgan fingerprint density at radius 2 is 2.06 bits per heavy atom. The normalized spacial score (nSPS) is 25.4. The van der Waals surface area contributed by atoms with Crippen LogP contribution in [-0.2, 0) is 20.9 Å². The molecule has 2 aliphatic rings. The van der Waals surface area contributed by atoms with Gasteiger partial charge in [0.15, 0.2) is 5.60 Å². The van der Waals surface area contributed by atoms with E-state index in [1.165, 1.54) is 0 Å². The Labute approximate surface area is 200 Å².